The molecule has 2 aromatic carbocycles. The van der Waals surface area contributed by atoms with Gasteiger partial charge in [-0.05, 0) is 30.7 Å². The van der Waals surface area contributed by atoms with Crippen LogP contribution in [0.4, 0.5) is 0 Å². The van der Waals surface area contributed by atoms with Gasteiger partial charge in [-0.3, -0.25) is 9.59 Å². The predicted molar refractivity (Wildman–Crippen MR) is 124 cm³/mol. The average Bonchev–Trinajstić information content (AvgIpc) is 3.51. The fourth-order valence-corrected chi connectivity index (χ4v) is 4.06. The van der Waals surface area contributed by atoms with E-state index in [1.165, 1.54) is 23.4 Å². The van der Waals surface area contributed by atoms with Crippen LogP contribution in [0.2, 0.25) is 0 Å². The van der Waals surface area contributed by atoms with Crippen molar-refractivity contribution in [1.29, 1.82) is 0 Å². The molecule has 9 heteroatoms. The lowest BCUT2D eigenvalue weighted by Gasteiger charge is -2.20. The molecule has 0 saturated carbocycles. The highest BCUT2D eigenvalue weighted by molar-refractivity contribution is 6.03. The Balaban J connectivity index is 1.53. The van der Waals surface area contributed by atoms with Gasteiger partial charge in [-0.1, -0.05) is 48.0 Å². The van der Waals surface area contributed by atoms with Gasteiger partial charge in [-0.25, -0.2) is 14.5 Å². The van der Waals surface area contributed by atoms with Crippen LogP contribution in [0, 0.1) is 6.92 Å². The topological polar surface area (TPSA) is 118 Å². The number of fused-ring (bicyclic) bond motifs is 1. The lowest BCUT2D eigenvalue weighted by Crippen LogP contribution is -2.35. The van der Waals surface area contributed by atoms with E-state index >= 15 is 0 Å². The Hall–Kier alpha value is -4.53. The van der Waals surface area contributed by atoms with Crippen LogP contribution in [0.3, 0.4) is 0 Å². The van der Waals surface area contributed by atoms with Gasteiger partial charge < -0.3 is 9.52 Å². The smallest absolute Gasteiger partial charge is 0.357 e. The maximum Gasteiger partial charge on any atom is 0.357 e. The van der Waals surface area contributed by atoms with E-state index in [1.807, 2.05) is 31.2 Å². The maximum atomic E-state index is 13.4. The Labute approximate surface area is 193 Å². The summed E-state index contributed by atoms with van der Waals surface area (Å²) < 4.78 is 6.44. The first-order chi connectivity index (χ1) is 16.4. The Kier molecular flexibility index (Phi) is 5.29. The SMILES string of the molecule is Cc1ccc(C2=NN(C(=O)Cn3nc(C(=O)O)c4ccccc4c3=O)C(c3ccco3)C2)cc1. The summed E-state index contributed by atoms with van der Waals surface area (Å²) in [7, 11) is 0. The van der Waals surface area contributed by atoms with Crippen molar-refractivity contribution in [3.63, 3.8) is 0 Å². The molecule has 0 bridgehead atoms. The van der Waals surface area contributed by atoms with Crippen molar-refractivity contribution in [3.05, 3.63) is 99.9 Å². The molecule has 1 aliphatic heterocycles. The molecule has 1 unspecified atom stereocenters. The van der Waals surface area contributed by atoms with Gasteiger partial charge in [-0.15, -0.1) is 0 Å². The number of furan rings is 1. The molecule has 170 valence electrons. The van der Waals surface area contributed by atoms with Crippen molar-refractivity contribution in [3.8, 4) is 0 Å². The molecule has 4 aromatic rings. The molecule has 1 amide bonds. The Bertz CT molecular complexity index is 1490. The third-order valence-corrected chi connectivity index (χ3v) is 5.78. The van der Waals surface area contributed by atoms with E-state index in [9.17, 15) is 19.5 Å². The third kappa shape index (κ3) is 3.77. The molecule has 1 atom stereocenters. The zero-order chi connectivity index (χ0) is 23.8. The number of carboxylic acids is 1. The molecule has 5 rings (SSSR count). The number of hydrogen-bond acceptors (Lipinski definition) is 6. The van der Waals surface area contributed by atoms with Gasteiger partial charge in [0.25, 0.3) is 11.5 Å². The van der Waals surface area contributed by atoms with Gasteiger partial charge in [0.15, 0.2) is 5.69 Å². The van der Waals surface area contributed by atoms with Crippen molar-refractivity contribution in [2.75, 3.05) is 0 Å². The van der Waals surface area contributed by atoms with Crippen LogP contribution < -0.4 is 5.56 Å². The van der Waals surface area contributed by atoms with Crippen LogP contribution >= 0.6 is 0 Å². The summed E-state index contributed by atoms with van der Waals surface area (Å²) in [5.74, 6) is -1.24. The number of nitrogens with zero attached hydrogens (tertiary/aromatic N) is 4. The molecule has 9 nitrogen and oxygen atoms in total. The Morgan fingerprint density at radius 3 is 2.47 bits per heavy atom. The maximum absolute atomic E-state index is 13.4. The van der Waals surface area contributed by atoms with Gasteiger partial charge in [0, 0.05) is 11.8 Å². The summed E-state index contributed by atoms with van der Waals surface area (Å²) in [6.45, 7) is 1.52. The van der Waals surface area contributed by atoms with Crippen molar-refractivity contribution >= 4 is 28.4 Å². The molecule has 3 heterocycles. The van der Waals surface area contributed by atoms with Gasteiger partial charge in [0.05, 0.1) is 17.4 Å². The number of aryl methyl sites for hydroxylation is 1. The number of benzene rings is 2. The molecule has 1 aliphatic rings. The Morgan fingerprint density at radius 2 is 1.79 bits per heavy atom. The minimum Gasteiger partial charge on any atom is -0.476 e. The first-order valence-corrected chi connectivity index (χ1v) is 10.7. The molecular formula is C25H20N4O5. The van der Waals surface area contributed by atoms with Crippen LogP contribution in [0.15, 0.2) is 81.2 Å². The minimum absolute atomic E-state index is 0.176. The molecule has 34 heavy (non-hydrogen) atoms. The van der Waals surface area contributed by atoms with E-state index in [0.29, 0.717) is 17.9 Å². The van der Waals surface area contributed by atoms with Crippen LogP contribution in [0.1, 0.15) is 39.8 Å². The van der Waals surface area contributed by atoms with E-state index < -0.39 is 30.0 Å². The van der Waals surface area contributed by atoms with E-state index in [1.54, 1.807) is 24.3 Å². The lowest BCUT2D eigenvalue weighted by molar-refractivity contribution is -0.134. The summed E-state index contributed by atoms with van der Waals surface area (Å²) >= 11 is 0. The van der Waals surface area contributed by atoms with E-state index in [2.05, 4.69) is 10.2 Å². The number of carboxylic acid groups (broad SMARTS) is 1. The number of hydrazone groups is 1. The summed E-state index contributed by atoms with van der Waals surface area (Å²) in [5, 5.41) is 19.8. The second kappa shape index (κ2) is 8.43. The van der Waals surface area contributed by atoms with E-state index in [4.69, 9.17) is 4.42 Å². The van der Waals surface area contributed by atoms with Gasteiger partial charge in [0.1, 0.15) is 18.3 Å². The number of carbonyl (C=O) groups excluding carboxylic acids is 1. The fraction of sp³-hybridized carbons (Fsp3) is 0.160. The minimum atomic E-state index is -1.29. The average molecular weight is 456 g/mol. The number of aromatic nitrogens is 2. The predicted octanol–water partition coefficient (Wildman–Crippen LogP) is 3.37. The summed E-state index contributed by atoms with van der Waals surface area (Å²) in [4.78, 5) is 38.1. The highest BCUT2D eigenvalue weighted by atomic mass is 16.4. The standard InChI is InChI=1S/C25H20N4O5/c1-15-8-10-16(11-9-15)19-13-20(21-7-4-12-34-21)29(26-19)22(30)14-28-24(31)18-6-3-2-5-17(18)23(27-28)25(32)33/h2-12,20H,13-14H2,1H3,(H,32,33). The van der Waals surface area contributed by atoms with Crippen molar-refractivity contribution in [2.45, 2.75) is 25.9 Å². The monoisotopic (exact) mass is 456 g/mol. The molecule has 0 aliphatic carbocycles. The lowest BCUT2D eigenvalue weighted by atomic mass is 10.0. The zero-order valence-electron chi connectivity index (χ0n) is 18.2. The second-order valence-corrected chi connectivity index (χ2v) is 8.05. The number of hydrogen-bond donors (Lipinski definition) is 1. The van der Waals surface area contributed by atoms with Crippen molar-refractivity contribution in [1.82, 2.24) is 14.8 Å². The molecule has 2 aromatic heterocycles. The van der Waals surface area contributed by atoms with Gasteiger partial charge in [0.2, 0.25) is 0 Å². The van der Waals surface area contributed by atoms with Crippen LogP contribution in [0.5, 0.6) is 0 Å². The molecule has 1 N–H and O–H groups in total. The van der Waals surface area contributed by atoms with Crippen LogP contribution in [-0.4, -0.2) is 37.5 Å². The largest absolute Gasteiger partial charge is 0.476 e. The summed E-state index contributed by atoms with van der Waals surface area (Å²) in [6.07, 6.45) is 1.96. The highest BCUT2D eigenvalue weighted by Crippen LogP contribution is 2.33. The van der Waals surface area contributed by atoms with E-state index in [-0.39, 0.29) is 16.5 Å². The number of amides is 1. The van der Waals surface area contributed by atoms with Crippen LogP contribution in [-0.2, 0) is 11.3 Å². The molecule has 0 saturated heterocycles. The first-order valence-electron chi connectivity index (χ1n) is 10.7. The zero-order valence-corrected chi connectivity index (χ0v) is 18.2. The number of carbonyl (C=O) groups is 2. The number of rotatable bonds is 5. The van der Waals surface area contributed by atoms with E-state index in [0.717, 1.165) is 15.8 Å². The van der Waals surface area contributed by atoms with Crippen molar-refractivity contribution < 1.29 is 19.1 Å². The Morgan fingerprint density at radius 1 is 1.06 bits per heavy atom. The van der Waals surface area contributed by atoms with Crippen molar-refractivity contribution in [2.24, 2.45) is 5.10 Å². The molecular weight excluding hydrogens is 436 g/mol. The quantitative estimate of drug-likeness (QED) is 0.492. The highest BCUT2D eigenvalue weighted by Gasteiger charge is 2.35. The van der Waals surface area contributed by atoms with Gasteiger partial charge in [-0.2, -0.15) is 10.2 Å². The molecule has 0 radical (unpaired) electrons. The van der Waals surface area contributed by atoms with Crippen LogP contribution in [0.25, 0.3) is 10.8 Å². The summed E-state index contributed by atoms with van der Waals surface area (Å²) in [5.41, 5.74) is 1.85. The van der Waals surface area contributed by atoms with Gasteiger partial charge >= 0.3 is 5.97 Å². The first kappa shape index (κ1) is 21.3. The molecule has 0 spiro atoms. The fourth-order valence-electron chi connectivity index (χ4n) is 4.06. The third-order valence-electron chi connectivity index (χ3n) is 5.78. The normalized spacial score (nSPS) is 15.5. The summed E-state index contributed by atoms with van der Waals surface area (Å²) in [6, 6.07) is 17.1. The second-order valence-electron chi connectivity index (χ2n) is 8.05. The number of aromatic carboxylic acids is 1. The molecule has 0 fully saturated rings.